The van der Waals surface area contributed by atoms with Crippen LogP contribution >= 0.6 is 0 Å². The van der Waals surface area contributed by atoms with Crippen molar-refractivity contribution in [2.24, 2.45) is 0 Å². The molecule has 6 nitrogen and oxygen atoms in total. The van der Waals surface area contributed by atoms with E-state index in [9.17, 15) is 0 Å². The number of furan rings is 1. The molecule has 0 aliphatic rings. The van der Waals surface area contributed by atoms with E-state index in [-0.39, 0.29) is 0 Å². The molecule has 0 amide bonds. The van der Waals surface area contributed by atoms with Gasteiger partial charge >= 0.3 is 0 Å². The lowest BCUT2D eigenvalue weighted by Crippen LogP contribution is -2.01. The van der Waals surface area contributed by atoms with Gasteiger partial charge in [0.2, 0.25) is 0 Å². The highest BCUT2D eigenvalue weighted by atomic mass is 16.3. The van der Waals surface area contributed by atoms with E-state index >= 15 is 0 Å². The number of para-hydroxylation sites is 1. The van der Waals surface area contributed by atoms with Crippen LogP contribution in [-0.4, -0.2) is 24.9 Å². The molecule has 12 aromatic rings. The van der Waals surface area contributed by atoms with Crippen molar-refractivity contribution in [1.29, 1.82) is 0 Å². The number of hydrogen-bond acceptors (Lipinski definition) is 6. The van der Waals surface area contributed by atoms with Crippen molar-refractivity contribution in [1.82, 2.24) is 24.9 Å². The van der Waals surface area contributed by atoms with E-state index in [2.05, 4.69) is 170 Å². The monoisotopic (exact) mass is 805 g/mol. The maximum absolute atomic E-state index is 6.27. The smallest absolute Gasteiger partial charge is 0.164 e. The normalized spacial score (nSPS) is 11.5. The van der Waals surface area contributed by atoms with E-state index in [1.54, 1.807) is 0 Å². The highest BCUT2D eigenvalue weighted by Crippen LogP contribution is 2.36. The molecule has 0 radical (unpaired) electrons. The summed E-state index contributed by atoms with van der Waals surface area (Å²) in [7, 11) is 0. The minimum atomic E-state index is 0.600. The Bertz CT molecular complexity index is 3600. The maximum Gasteiger partial charge on any atom is 0.164 e. The largest absolute Gasteiger partial charge is 0.456 e. The van der Waals surface area contributed by atoms with Gasteiger partial charge in [0.15, 0.2) is 23.3 Å². The highest BCUT2D eigenvalue weighted by Gasteiger charge is 2.18. The van der Waals surface area contributed by atoms with Crippen molar-refractivity contribution in [2.45, 2.75) is 0 Å². The summed E-state index contributed by atoms with van der Waals surface area (Å²) < 4.78 is 6.27. The van der Waals surface area contributed by atoms with Crippen LogP contribution in [0.15, 0.2) is 217 Å². The number of aromatic nitrogens is 5. The predicted molar refractivity (Wildman–Crippen MR) is 256 cm³/mol. The molecule has 3 aromatic heterocycles. The fourth-order valence-electron chi connectivity index (χ4n) is 8.63. The van der Waals surface area contributed by atoms with Crippen LogP contribution in [0.25, 0.3) is 123 Å². The van der Waals surface area contributed by atoms with Gasteiger partial charge < -0.3 is 4.42 Å². The first-order chi connectivity index (χ1) is 31.2. The third-order valence-corrected chi connectivity index (χ3v) is 11.7. The Morgan fingerprint density at radius 1 is 0.254 bits per heavy atom. The Labute approximate surface area is 362 Å². The number of benzene rings is 9. The van der Waals surface area contributed by atoms with Crippen LogP contribution in [0.3, 0.4) is 0 Å². The van der Waals surface area contributed by atoms with Crippen molar-refractivity contribution < 1.29 is 4.42 Å². The molecule has 63 heavy (non-hydrogen) atoms. The van der Waals surface area contributed by atoms with E-state index in [4.69, 9.17) is 29.3 Å². The third kappa shape index (κ3) is 6.67. The van der Waals surface area contributed by atoms with Crippen molar-refractivity contribution in [3.05, 3.63) is 212 Å². The van der Waals surface area contributed by atoms with E-state index in [0.717, 1.165) is 99.4 Å². The topological polar surface area (TPSA) is 77.6 Å². The third-order valence-electron chi connectivity index (χ3n) is 11.7. The molecule has 9 aromatic carbocycles. The van der Waals surface area contributed by atoms with Crippen LogP contribution in [0.4, 0.5) is 0 Å². The Hall–Kier alpha value is -8.61. The zero-order valence-electron chi connectivity index (χ0n) is 33.9. The maximum atomic E-state index is 6.27. The van der Waals surface area contributed by atoms with Crippen LogP contribution in [0.5, 0.6) is 0 Å². The molecule has 0 bridgehead atoms. The Morgan fingerprint density at radius 3 is 1.41 bits per heavy atom. The summed E-state index contributed by atoms with van der Waals surface area (Å²) in [6.45, 7) is 0. The van der Waals surface area contributed by atoms with Gasteiger partial charge in [-0.3, -0.25) is 0 Å². The SMILES string of the molecule is c1ccc(-c2cc(-c3cccc(-c4cccc(-c5nc(-c6cccc7ccccc67)nc(-c6cccc7ccccc67)n5)c4)c3)nc(-c3ccc4c(c3)oc3ccccc34)n2)cc1. The molecule has 0 atom stereocenters. The minimum absolute atomic E-state index is 0.600. The molecule has 12 rings (SSSR count). The van der Waals surface area contributed by atoms with Gasteiger partial charge in [-0.1, -0.05) is 176 Å². The van der Waals surface area contributed by atoms with Gasteiger partial charge in [0, 0.05) is 44.2 Å². The number of hydrogen-bond donors (Lipinski definition) is 0. The lowest BCUT2D eigenvalue weighted by molar-refractivity contribution is 0.669. The fourth-order valence-corrected chi connectivity index (χ4v) is 8.63. The van der Waals surface area contributed by atoms with E-state index in [1.165, 1.54) is 0 Å². The van der Waals surface area contributed by atoms with Crippen LogP contribution in [0, 0.1) is 0 Å². The quantitative estimate of drug-likeness (QED) is 0.160. The minimum Gasteiger partial charge on any atom is -0.456 e. The van der Waals surface area contributed by atoms with Crippen molar-refractivity contribution in [3.8, 4) is 79.2 Å². The van der Waals surface area contributed by atoms with Crippen LogP contribution in [0.1, 0.15) is 0 Å². The number of fused-ring (bicyclic) bond motifs is 5. The fraction of sp³-hybridized carbons (Fsp3) is 0. The summed E-state index contributed by atoms with van der Waals surface area (Å²) in [6, 6.07) is 72.9. The van der Waals surface area contributed by atoms with Gasteiger partial charge in [0.05, 0.1) is 11.4 Å². The zero-order valence-corrected chi connectivity index (χ0v) is 33.9. The predicted octanol–water partition coefficient (Wildman–Crippen LogP) is 14.5. The Balaban J connectivity index is 0.971. The summed E-state index contributed by atoms with van der Waals surface area (Å²) in [5.74, 6) is 2.48. The molecule has 0 aliphatic heterocycles. The highest BCUT2D eigenvalue weighted by molar-refractivity contribution is 6.06. The van der Waals surface area contributed by atoms with Crippen LogP contribution in [-0.2, 0) is 0 Å². The standard InChI is InChI=1S/C57H35N5O/c1-2-16-38(17-3-1)50-35-51(59-54(58-50)43-30-31-47-46-26-8-9-29-52(46)63-53(47)34-43)41-22-10-20-39(32-41)40-21-11-23-42(33-40)55-60-56(48-27-12-18-36-14-4-6-24-44(36)48)62-57(61-55)49-28-13-19-37-15-5-7-25-45(37)49/h1-35H. The summed E-state index contributed by atoms with van der Waals surface area (Å²) >= 11 is 0. The lowest BCUT2D eigenvalue weighted by Gasteiger charge is -2.13. The van der Waals surface area contributed by atoms with Gasteiger partial charge in [-0.05, 0) is 69.1 Å². The molecule has 3 heterocycles. The van der Waals surface area contributed by atoms with E-state index < -0.39 is 0 Å². The van der Waals surface area contributed by atoms with Gasteiger partial charge in [-0.2, -0.15) is 0 Å². The van der Waals surface area contributed by atoms with Gasteiger partial charge in [0.25, 0.3) is 0 Å². The summed E-state index contributed by atoms with van der Waals surface area (Å²) in [6.07, 6.45) is 0. The van der Waals surface area contributed by atoms with Gasteiger partial charge in [0.1, 0.15) is 11.2 Å². The second-order valence-corrected chi connectivity index (χ2v) is 15.7. The van der Waals surface area contributed by atoms with Crippen molar-refractivity contribution in [2.75, 3.05) is 0 Å². The molecule has 6 heteroatoms. The molecule has 0 fully saturated rings. The summed E-state index contributed by atoms with van der Waals surface area (Å²) in [4.78, 5) is 25.9. The molecule has 0 unspecified atom stereocenters. The first kappa shape index (κ1) is 36.3. The van der Waals surface area contributed by atoms with E-state index in [1.807, 2.05) is 42.5 Å². The summed E-state index contributed by atoms with van der Waals surface area (Å²) in [5, 5.41) is 6.59. The Morgan fingerprint density at radius 2 is 0.714 bits per heavy atom. The molecule has 0 aliphatic carbocycles. The van der Waals surface area contributed by atoms with E-state index in [0.29, 0.717) is 23.3 Å². The number of rotatable bonds is 7. The first-order valence-electron chi connectivity index (χ1n) is 21.0. The van der Waals surface area contributed by atoms with Crippen LogP contribution in [0.2, 0.25) is 0 Å². The van der Waals surface area contributed by atoms with Crippen LogP contribution < -0.4 is 0 Å². The molecule has 0 saturated carbocycles. The van der Waals surface area contributed by atoms with Gasteiger partial charge in [-0.25, -0.2) is 24.9 Å². The van der Waals surface area contributed by atoms with Crippen molar-refractivity contribution >= 4 is 43.5 Å². The number of nitrogens with zero attached hydrogens (tertiary/aromatic N) is 5. The average Bonchev–Trinajstić information content (AvgIpc) is 3.74. The van der Waals surface area contributed by atoms with Gasteiger partial charge in [-0.15, -0.1) is 0 Å². The molecule has 0 saturated heterocycles. The second kappa shape index (κ2) is 15.1. The Kier molecular flexibility index (Phi) is 8.71. The second-order valence-electron chi connectivity index (χ2n) is 15.7. The zero-order chi connectivity index (χ0) is 41.7. The average molecular weight is 806 g/mol. The summed E-state index contributed by atoms with van der Waals surface area (Å²) in [5.41, 5.74) is 11.1. The molecular formula is C57H35N5O. The lowest BCUT2D eigenvalue weighted by atomic mass is 9.98. The first-order valence-corrected chi connectivity index (χ1v) is 21.0. The molecule has 294 valence electrons. The van der Waals surface area contributed by atoms with Crippen molar-refractivity contribution in [3.63, 3.8) is 0 Å². The molecule has 0 spiro atoms. The molecule has 0 N–H and O–H groups in total. The molecular weight excluding hydrogens is 771 g/mol.